The van der Waals surface area contributed by atoms with E-state index in [1.54, 1.807) is 48.5 Å². The number of fused-ring (bicyclic) bond motifs is 1. The first-order valence-corrected chi connectivity index (χ1v) is 9.17. The Hall–Kier alpha value is -1.45. The van der Waals surface area contributed by atoms with E-state index in [1.807, 2.05) is 28.7 Å². The Bertz CT molecular complexity index is 807. The van der Waals surface area contributed by atoms with E-state index in [1.165, 1.54) is 0 Å². The number of Topliss-reactive ketones (excluding diaryl/α,β-unsaturated/α-hetero) is 1. The van der Waals surface area contributed by atoms with Crippen molar-refractivity contribution in [3.05, 3.63) is 65.7 Å². The Kier molecular flexibility index (Phi) is 4.20. The lowest BCUT2D eigenvalue weighted by Gasteiger charge is -2.29. The van der Waals surface area contributed by atoms with Crippen LogP contribution in [0, 0.1) is 0 Å². The molecule has 2 aromatic rings. The van der Waals surface area contributed by atoms with E-state index in [0.717, 1.165) is 0 Å². The third kappa shape index (κ3) is 3.01. The van der Waals surface area contributed by atoms with Gasteiger partial charge in [-0.15, -0.1) is 0 Å². The van der Waals surface area contributed by atoms with Crippen LogP contribution in [0.3, 0.4) is 0 Å². The van der Waals surface area contributed by atoms with Crippen LogP contribution in [0.1, 0.15) is 22.0 Å². The van der Waals surface area contributed by atoms with Crippen molar-refractivity contribution in [2.75, 3.05) is 0 Å². The summed E-state index contributed by atoms with van der Waals surface area (Å²) in [7, 11) is -3.91. The number of ketones is 1. The molecule has 114 valence electrons. The first kappa shape index (κ1) is 15.4. The zero-order chi connectivity index (χ0) is 15.7. The van der Waals surface area contributed by atoms with E-state index in [0.29, 0.717) is 11.1 Å². The van der Waals surface area contributed by atoms with Crippen LogP contribution in [0.25, 0.3) is 0 Å². The molecule has 0 radical (unpaired) electrons. The maximum atomic E-state index is 12.6. The van der Waals surface area contributed by atoms with Crippen LogP contribution in [0.4, 0.5) is 0 Å². The van der Waals surface area contributed by atoms with Crippen LogP contribution in [-0.4, -0.2) is 18.1 Å². The normalized spacial score (nSPS) is 20.5. The summed E-state index contributed by atoms with van der Waals surface area (Å²) >= 11 is 1.97. The molecule has 0 unspecified atom stereocenters. The summed E-state index contributed by atoms with van der Waals surface area (Å²) in [4.78, 5) is 12.6. The van der Waals surface area contributed by atoms with Gasteiger partial charge in [-0.3, -0.25) is 4.79 Å². The number of benzene rings is 2. The zero-order valence-corrected chi connectivity index (χ0v) is 14.2. The maximum absolute atomic E-state index is 12.6. The highest BCUT2D eigenvalue weighted by molar-refractivity contribution is 14.1. The number of carbonyl (C=O) groups is 1. The predicted octanol–water partition coefficient (Wildman–Crippen LogP) is 2.64. The van der Waals surface area contributed by atoms with Crippen LogP contribution >= 0.6 is 22.6 Å². The molecule has 1 N–H and O–H groups in total. The number of hydrogen-bond donors (Lipinski definition) is 1. The van der Waals surface area contributed by atoms with Crippen LogP contribution in [0.5, 0.6) is 5.75 Å². The number of para-hydroxylation sites is 1. The highest BCUT2D eigenvalue weighted by Crippen LogP contribution is 2.36. The number of carbonyl (C=O) groups excluding carboxylic acids is 1. The number of halogens is 1. The van der Waals surface area contributed by atoms with E-state index in [4.69, 9.17) is 4.18 Å². The molecule has 1 aliphatic heterocycles. The Morgan fingerprint density at radius 1 is 1.09 bits per heavy atom. The SMILES string of the molecule is O=C(c1ccccc1)[C@@H](I)[C@@H]1NS(=O)(=O)Oc2ccccc21. The Balaban J connectivity index is 1.99. The van der Waals surface area contributed by atoms with Crippen molar-refractivity contribution in [3.63, 3.8) is 0 Å². The van der Waals surface area contributed by atoms with Crippen molar-refractivity contribution in [3.8, 4) is 5.75 Å². The smallest absolute Gasteiger partial charge is 0.371 e. The molecule has 0 spiro atoms. The minimum absolute atomic E-state index is 0.134. The average Bonchev–Trinajstić information content (AvgIpc) is 2.52. The highest BCUT2D eigenvalue weighted by atomic mass is 127. The zero-order valence-electron chi connectivity index (χ0n) is 11.3. The largest absolute Gasteiger partial charge is 0.383 e. The molecule has 5 nitrogen and oxygen atoms in total. The second-order valence-corrected chi connectivity index (χ2v) is 7.46. The fraction of sp³-hybridized carbons (Fsp3) is 0.133. The molecule has 7 heteroatoms. The Morgan fingerprint density at radius 2 is 1.73 bits per heavy atom. The van der Waals surface area contributed by atoms with Crippen molar-refractivity contribution in [2.45, 2.75) is 9.97 Å². The van der Waals surface area contributed by atoms with Gasteiger partial charge >= 0.3 is 10.3 Å². The van der Waals surface area contributed by atoms with E-state index >= 15 is 0 Å². The molecule has 0 saturated heterocycles. The topological polar surface area (TPSA) is 72.5 Å². The fourth-order valence-corrected chi connectivity index (χ4v) is 4.49. The lowest BCUT2D eigenvalue weighted by molar-refractivity contribution is 0.0984. The van der Waals surface area contributed by atoms with Gasteiger partial charge in [0.15, 0.2) is 5.78 Å². The van der Waals surface area contributed by atoms with Gasteiger partial charge in [-0.25, -0.2) is 0 Å². The summed E-state index contributed by atoms with van der Waals surface area (Å²) in [5.41, 5.74) is 1.20. The third-order valence-electron chi connectivity index (χ3n) is 3.33. The minimum Gasteiger partial charge on any atom is -0.371 e. The van der Waals surface area contributed by atoms with Crippen molar-refractivity contribution in [1.82, 2.24) is 4.72 Å². The lowest BCUT2D eigenvalue weighted by atomic mass is 9.98. The first-order chi connectivity index (χ1) is 10.5. The molecule has 3 rings (SSSR count). The van der Waals surface area contributed by atoms with Crippen molar-refractivity contribution in [2.24, 2.45) is 0 Å². The van der Waals surface area contributed by atoms with Gasteiger partial charge in [-0.2, -0.15) is 13.1 Å². The summed E-state index contributed by atoms with van der Waals surface area (Å²) in [6.07, 6.45) is 0. The summed E-state index contributed by atoms with van der Waals surface area (Å²) in [6.45, 7) is 0. The van der Waals surface area contributed by atoms with Gasteiger partial charge in [0.2, 0.25) is 0 Å². The molecule has 2 atom stereocenters. The van der Waals surface area contributed by atoms with Crippen LogP contribution < -0.4 is 8.91 Å². The molecule has 0 bridgehead atoms. The maximum Gasteiger partial charge on any atom is 0.383 e. The van der Waals surface area contributed by atoms with Gasteiger partial charge in [0.25, 0.3) is 0 Å². The molecular weight excluding hydrogens is 417 g/mol. The highest BCUT2D eigenvalue weighted by Gasteiger charge is 2.37. The second kappa shape index (κ2) is 5.98. The molecule has 0 aromatic heterocycles. The van der Waals surface area contributed by atoms with E-state index in [-0.39, 0.29) is 11.5 Å². The molecule has 0 amide bonds. The number of alkyl halides is 1. The van der Waals surface area contributed by atoms with E-state index in [9.17, 15) is 13.2 Å². The third-order valence-corrected chi connectivity index (χ3v) is 5.55. The quantitative estimate of drug-likeness (QED) is 0.463. The lowest BCUT2D eigenvalue weighted by Crippen LogP contribution is -2.42. The van der Waals surface area contributed by atoms with Crippen molar-refractivity contribution >= 4 is 38.7 Å². The van der Waals surface area contributed by atoms with Gasteiger partial charge in [-0.05, 0) is 6.07 Å². The predicted molar refractivity (Wildman–Crippen MR) is 90.4 cm³/mol. The first-order valence-electron chi connectivity index (χ1n) is 6.52. The van der Waals surface area contributed by atoms with Crippen LogP contribution in [0.15, 0.2) is 54.6 Å². The van der Waals surface area contributed by atoms with Crippen molar-refractivity contribution < 1.29 is 17.4 Å². The van der Waals surface area contributed by atoms with Crippen LogP contribution in [0.2, 0.25) is 0 Å². The molecular formula is C15H12INO4S. The van der Waals surface area contributed by atoms with Gasteiger partial charge in [0, 0.05) is 11.1 Å². The summed E-state index contributed by atoms with van der Waals surface area (Å²) < 4.78 is 30.4. The molecule has 22 heavy (non-hydrogen) atoms. The summed E-state index contributed by atoms with van der Waals surface area (Å²) in [5, 5.41) is 0. The van der Waals surface area contributed by atoms with Gasteiger partial charge in [0.05, 0.1) is 9.97 Å². The van der Waals surface area contributed by atoms with Gasteiger partial charge < -0.3 is 4.18 Å². The van der Waals surface area contributed by atoms with E-state index in [2.05, 4.69) is 4.72 Å². The van der Waals surface area contributed by atoms with Gasteiger partial charge in [-0.1, -0.05) is 71.1 Å². The average molecular weight is 429 g/mol. The number of nitrogens with one attached hydrogen (secondary N) is 1. The van der Waals surface area contributed by atoms with Crippen molar-refractivity contribution in [1.29, 1.82) is 0 Å². The molecule has 0 aliphatic carbocycles. The molecule has 1 aliphatic rings. The monoisotopic (exact) mass is 429 g/mol. The van der Waals surface area contributed by atoms with Crippen LogP contribution in [-0.2, 0) is 10.3 Å². The van der Waals surface area contributed by atoms with Gasteiger partial charge in [0.1, 0.15) is 5.75 Å². The fourth-order valence-electron chi connectivity index (χ4n) is 2.30. The summed E-state index contributed by atoms with van der Waals surface area (Å²) in [6, 6.07) is 15.0. The Morgan fingerprint density at radius 3 is 2.45 bits per heavy atom. The molecule has 0 saturated carbocycles. The number of hydrogen-bond acceptors (Lipinski definition) is 4. The molecule has 0 fully saturated rings. The number of rotatable bonds is 3. The standard InChI is InChI=1S/C15H12INO4S/c16-13(15(18)10-6-2-1-3-7-10)14-11-8-4-5-9-12(11)21-22(19,20)17-14/h1-9,13-14,17H/t13-,14+/m0/s1. The second-order valence-electron chi connectivity index (χ2n) is 4.80. The Labute approximate surface area is 142 Å². The summed E-state index contributed by atoms with van der Waals surface area (Å²) in [5.74, 6) is 0.124. The molecule has 2 aromatic carbocycles. The molecule has 1 heterocycles. The van der Waals surface area contributed by atoms with E-state index < -0.39 is 20.3 Å². The minimum atomic E-state index is -3.91.